The molecule has 0 unspecified atom stereocenters. The summed E-state index contributed by atoms with van der Waals surface area (Å²) in [5.41, 5.74) is 2.49. The normalized spacial score (nSPS) is 10.4. The number of nitrogens with one attached hydrogen (secondary N) is 2. The molecule has 1 heterocycles. The van der Waals surface area contributed by atoms with Crippen molar-refractivity contribution in [1.29, 1.82) is 0 Å². The third-order valence-corrected chi connectivity index (χ3v) is 4.34. The smallest absolute Gasteiger partial charge is 0.274 e. The van der Waals surface area contributed by atoms with Crippen molar-refractivity contribution in [2.24, 2.45) is 0 Å². The van der Waals surface area contributed by atoms with E-state index in [1.807, 2.05) is 24.3 Å². The lowest BCUT2D eigenvalue weighted by Crippen LogP contribution is -2.17. The fourth-order valence-corrected chi connectivity index (χ4v) is 2.67. The fraction of sp³-hybridized carbons (Fsp3) is 0.0952. The molecule has 0 fully saturated rings. The van der Waals surface area contributed by atoms with Crippen LogP contribution in [0.1, 0.15) is 33.3 Å². The molecule has 2 aromatic carbocycles. The summed E-state index contributed by atoms with van der Waals surface area (Å²) in [5.74, 6) is -1.47. The van der Waals surface area contributed by atoms with Crippen LogP contribution >= 0.6 is 11.6 Å². The van der Waals surface area contributed by atoms with E-state index in [0.29, 0.717) is 11.4 Å². The third-order valence-electron chi connectivity index (χ3n) is 4.05. The van der Waals surface area contributed by atoms with Crippen LogP contribution in [0, 0.1) is 5.82 Å². The van der Waals surface area contributed by atoms with Crippen LogP contribution in [-0.4, -0.2) is 16.8 Å². The third kappa shape index (κ3) is 4.72. The maximum absolute atomic E-state index is 13.2. The SMILES string of the molecule is CCc1ccc(NC(=O)c2ccnc(C(=O)Nc3ccc(F)c(Cl)c3)c2)cc1. The molecule has 2 amide bonds. The predicted octanol–water partition coefficient (Wildman–Crippen LogP) is 4.94. The van der Waals surface area contributed by atoms with Crippen molar-refractivity contribution in [3.8, 4) is 0 Å². The molecule has 0 aliphatic rings. The van der Waals surface area contributed by atoms with E-state index in [1.54, 1.807) is 0 Å². The van der Waals surface area contributed by atoms with Gasteiger partial charge in [-0.15, -0.1) is 0 Å². The van der Waals surface area contributed by atoms with Crippen molar-refractivity contribution >= 4 is 34.8 Å². The number of hydrogen-bond donors (Lipinski definition) is 2. The number of aromatic nitrogens is 1. The van der Waals surface area contributed by atoms with Gasteiger partial charge in [-0.2, -0.15) is 0 Å². The van der Waals surface area contributed by atoms with Crippen LogP contribution in [0.4, 0.5) is 15.8 Å². The van der Waals surface area contributed by atoms with Gasteiger partial charge in [-0.05, 0) is 54.4 Å². The minimum absolute atomic E-state index is 0.0504. The van der Waals surface area contributed by atoms with Gasteiger partial charge in [0, 0.05) is 23.1 Å². The molecule has 2 N–H and O–H groups in total. The Kier molecular flexibility index (Phi) is 6.01. The molecule has 0 atom stereocenters. The van der Waals surface area contributed by atoms with Crippen molar-refractivity contribution in [3.05, 3.63) is 88.5 Å². The van der Waals surface area contributed by atoms with Crippen LogP contribution in [0.15, 0.2) is 60.8 Å². The van der Waals surface area contributed by atoms with E-state index in [9.17, 15) is 14.0 Å². The number of pyridine rings is 1. The molecular formula is C21H17ClFN3O2. The topological polar surface area (TPSA) is 71.1 Å². The average molecular weight is 398 g/mol. The van der Waals surface area contributed by atoms with Crippen molar-refractivity contribution in [2.75, 3.05) is 10.6 Å². The highest BCUT2D eigenvalue weighted by molar-refractivity contribution is 6.31. The van der Waals surface area contributed by atoms with E-state index in [1.165, 1.54) is 36.0 Å². The van der Waals surface area contributed by atoms with Gasteiger partial charge < -0.3 is 10.6 Å². The van der Waals surface area contributed by atoms with Gasteiger partial charge in [0.25, 0.3) is 11.8 Å². The van der Waals surface area contributed by atoms with Gasteiger partial charge >= 0.3 is 0 Å². The maximum atomic E-state index is 13.2. The number of benzene rings is 2. The second-order valence-electron chi connectivity index (χ2n) is 6.02. The summed E-state index contributed by atoms with van der Waals surface area (Å²) >= 11 is 5.71. The molecule has 0 spiro atoms. The molecule has 0 saturated carbocycles. The number of carbonyl (C=O) groups excluding carboxylic acids is 2. The molecule has 0 radical (unpaired) electrons. The fourth-order valence-electron chi connectivity index (χ4n) is 2.49. The minimum atomic E-state index is -0.580. The Hall–Kier alpha value is -3.25. The molecule has 0 aliphatic carbocycles. The Morgan fingerprint density at radius 1 is 0.964 bits per heavy atom. The number of nitrogens with zero attached hydrogens (tertiary/aromatic N) is 1. The Morgan fingerprint density at radius 3 is 2.32 bits per heavy atom. The Balaban J connectivity index is 1.72. The number of halogens is 2. The van der Waals surface area contributed by atoms with Gasteiger partial charge in [0.05, 0.1) is 5.02 Å². The second kappa shape index (κ2) is 8.63. The van der Waals surface area contributed by atoms with Crippen LogP contribution in [0.3, 0.4) is 0 Å². The monoisotopic (exact) mass is 397 g/mol. The van der Waals surface area contributed by atoms with Gasteiger partial charge in [0.1, 0.15) is 11.5 Å². The summed E-state index contributed by atoms with van der Waals surface area (Å²) in [7, 11) is 0. The van der Waals surface area contributed by atoms with Crippen LogP contribution in [0.25, 0.3) is 0 Å². The van der Waals surface area contributed by atoms with E-state index in [2.05, 4.69) is 22.5 Å². The zero-order chi connectivity index (χ0) is 20.1. The highest BCUT2D eigenvalue weighted by Crippen LogP contribution is 2.20. The molecule has 0 aliphatic heterocycles. The first-order chi connectivity index (χ1) is 13.5. The van der Waals surface area contributed by atoms with E-state index in [-0.39, 0.29) is 22.2 Å². The molecule has 3 aromatic rings. The largest absolute Gasteiger partial charge is 0.322 e. The Morgan fingerprint density at radius 2 is 1.64 bits per heavy atom. The second-order valence-corrected chi connectivity index (χ2v) is 6.42. The van der Waals surface area contributed by atoms with Gasteiger partial charge in [0.15, 0.2) is 0 Å². The molecule has 5 nitrogen and oxygen atoms in total. The first-order valence-corrected chi connectivity index (χ1v) is 8.97. The molecule has 0 saturated heterocycles. The summed E-state index contributed by atoms with van der Waals surface area (Å²) in [5, 5.41) is 5.25. The van der Waals surface area contributed by atoms with E-state index in [4.69, 9.17) is 11.6 Å². The number of anilines is 2. The van der Waals surface area contributed by atoms with E-state index in [0.717, 1.165) is 12.5 Å². The highest BCUT2D eigenvalue weighted by Gasteiger charge is 2.13. The molecule has 1 aromatic heterocycles. The lowest BCUT2D eigenvalue weighted by Gasteiger charge is -2.08. The number of rotatable bonds is 5. The Bertz CT molecular complexity index is 1020. The number of aryl methyl sites for hydroxylation is 1. The van der Waals surface area contributed by atoms with Crippen LogP contribution in [0.5, 0.6) is 0 Å². The average Bonchev–Trinajstić information content (AvgIpc) is 2.71. The quantitative estimate of drug-likeness (QED) is 0.640. The number of amides is 2. The van der Waals surface area contributed by atoms with Gasteiger partial charge in [0.2, 0.25) is 0 Å². The van der Waals surface area contributed by atoms with Gasteiger partial charge in [-0.25, -0.2) is 4.39 Å². The number of hydrogen-bond acceptors (Lipinski definition) is 3. The summed E-state index contributed by atoms with van der Waals surface area (Å²) in [6, 6.07) is 14.3. The van der Waals surface area contributed by atoms with Crippen LogP contribution in [0.2, 0.25) is 5.02 Å². The summed E-state index contributed by atoms with van der Waals surface area (Å²) in [6.07, 6.45) is 2.29. The van der Waals surface area contributed by atoms with E-state index >= 15 is 0 Å². The van der Waals surface area contributed by atoms with E-state index < -0.39 is 11.7 Å². The van der Waals surface area contributed by atoms with Gasteiger partial charge in [-0.1, -0.05) is 30.7 Å². The maximum Gasteiger partial charge on any atom is 0.274 e. The zero-order valence-corrected chi connectivity index (χ0v) is 15.8. The van der Waals surface area contributed by atoms with Crippen molar-refractivity contribution in [3.63, 3.8) is 0 Å². The first kappa shape index (κ1) is 19.5. The lowest BCUT2D eigenvalue weighted by molar-refractivity contribution is 0.102. The molecule has 142 valence electrons. The molecule has 3 rings (SSSR count). The molecule has 28 heavy (non-hydrogen) atoms. The molecule has 7 heteroatoms. The van der Waals surface area contributed by atoms with Crippen LogP contribution in [-0.2, 0) is 6.42 Å². The van der Waals surface area contributed by atoms with Gasteiger partial charge in [-0.3, -0.25) is 14.6 Å². The standard InChI is InChI=1S/C21H17ClFN3O2/c1-2-13-3-5-15(6-4-13)25-20(27)14-9-10-24-19(11-14)21(28)26-16-7-8-18(23)17(22)12-16/h3-12H,2H2,1H3,(H,25,27)(H,26,28). The zero-order valence-electron chi connectivity index (χ0n) is 15.0. The van der Waals surface area contributed by atoms with Crippen molar-refractivity contribution in [1.82, 2.24) is 4.98 Å². The predicted molar refractivity (Wildman–Crippen MR) is 107 cm³/mol. The first-order valence-electron chi connectivity index (χ1n) is 8.59. The number of carbonyl (C=O) groups is 2. The summed E-state index contributed by atoms with van der Waals surface area (Å²) < 4.78 is 13.2. The Labute approximate surface area is 166 Å². The van der Waals surface area contributed by atoms with Crippen molar-refractivity contribution < 1.29 is 14.0 Å². The van der Waals surface area contributed by atoms with Crippen molar-refractivity contribution in [2.45, 2.75) is 13.3 Å². The summed E-state index contributed by atoms with van der Waals surface area (Å²) in [4.78, 5) is 28.8. The highest BCUT2D eigenvalue weighted by atomic mass is 35.5. The lowest BCUT2D eigenvalue weighted by atomic mass is 10.1. The summed E-state index contributed by atoms with van der Waals surface area (Å²) in [6.45, 7) is 2.05. The minimum Gasteiger partial charge on any atom is -0.322 e. The molecule has 0 bridgehead atoms. The van der Waals surface area contributed by atoms with Crippen LogP contribution < -0.4 is 10.6 Å². The molecular weight excluding hydrogens is 381 g/mol.